The first-order valence-corrected chi connectivity index (χ1v) is 8.95. The number of fused-ring (bicyclic) bond motifs is 1. The van der Waals surface area contributed by atoms with Crippen LogP contribution in [0.15, 0.2) is 48.5 Å². The second-order valence-corrected chi connectivity index (χ2v) is 7.43. The number of imide groups is 1. The van der Waals surface area contributed by atoms with E-state index in [1.807, 2.05) is 38.1 Å². The Morgan fingerprint density at radius 3 is 1.96 bits per heavy atom. The minimum absolute atomic E-state index is 0.218. The lowest BCUT2D eigenvalue weighted by molar-refractivity contribution is -0.151. The van der Waals surface area contributed by atoms with E-state index in [4.69, 9.17) is 4.74 Å². The van der Waals surface area contributed by atoms with Crippen molar-refractivity contribution in [1.82, 2.24) is 4.90 Å². The summed E-state index contributed by atoms with van der Waals surface area (Å²) in [5.74, 6) is -0.719. The lowest BCUT2D eigenvalue weighted by Gasteiger charge is -2.21. The van der Waals surface area contributed by atoms with Crippen molar-refractivity contribution in [3.63, 3.8) is 0 Å². The highest BCUT2D eigenvalue weighted by Gasteiger charge is 2.35. The number of aryl methyl sites for hydroxylation is 1. The predicted octanol–water partition coefficient (Wildman–Crippen LogP) is 3.61. The van der Waals surface area contributed by atoms with Gasteiger partial charge >= 0.3 is 5.97 Å². The zero-order valence-corrected chi connectivity index (χ0v) is 15.8. The molecule has 0 fully saturated rings. The summed E-state index contributed by atoms with van der Waals surface area (Å²) < 4.78 is 4.84. The van der Waals surface area contributed by atoms with E-state index in [-0.39, 0.29) is 24.3 Å². The van der Waals surface area contributed by atoms with Crippen LogP contribution in [0.2, 0.25) is 0 Å². The molecule has 2 amide bonds. The maximum atomic E-state index is 12.4. The average Bonchev–Trinajstić information content (AvgIpc) is 2.92. The number of ether oxygens (including phenoxy) is 1. The van der Waals surface area contributed by atoms with Gasteiger partial charge in [-0.1, -0.05) is 36.4 Å². The van der Waals surface area contributed by atoms with Crippen LogP contribution in [-0.4, -0.2) is 29.8 Å². The van der Waals surface area contributed by atoms with Gasteiger partial charge in [0.15, 0.2) is 0 Å². The van der Waals surface area contributed by atoms with Gasteiger partial charge in [-0.25, -0.2) is 0 Å². The van der Waals surface area contributed by atoms with Crippen molar-refractivity contribution in [2.75, 3.05) is 7.11 Å². The van der Waals surface area contributed by atoms with Crippen molar-refractivity contribution in [1.29, 1.82) is 0 Å². The maximum Gasteiger partial charge on any atom is 0.311 e. The van der Waals surface area contributed by atoms with Crippen LogP contribution in [0.4, 0.5) is 0 Å². The molecular weight excluding hydrogens is 342 g/mol. The van der Waals surface area contributed by atoms with Gasteiger partial charge in [0, 0.05) is 0 Å². The van der Waals surface area contributed by atoms with Crippen molar-refractivity contribution in [3.05, 3.63) is 70.8 Å². The quantitative estimate of drug-likeness (QED) is 0.579. The van der Waals surface area contributed by atoms with Crippen molar-refractivity contribution in [3.8, 4) is 0 Å². The van der Waals surface area contributed by atoms with E-state index in [2.05, 4.69) is 0 Å². The molecule has 2 aromatic rings. The summed E-state index contributed by atoms with van der Waals surface area (Å²) in [6, 6.07) is 14.7. The molecule has 0 bridgehead atoms. The smallest absolute Gasteiger partial charge is 0.311 e. The van der Waals surface area contributed by atoms with Gasteiger partial charge in [-0.05, 0) is 49.9 Å². The molecule has 0 saturated heterocycles. The number of hydrogen-bond acceptors (Lipinski definition) is 4. The fourth-order valence-electron chi connectivity index (χ4n) is 3.21. The van der Waals surface area contributed by atoms with E-state index >= 15 is 0 Å². The Labute approximate surface area is 158 Å². The van der Waals surface area contributed by atoms with Crippen LogP contribution in [0.25, 0.3) is 0 Å². The van der Waals surface area contributed by atoms with Crippen LogP contribution in [0.5, 0.6) is 0 Å². The third-order valence-corrected chi connectivity index (χ3v) is 5.02. The largest absolute Gasteiger partial charge is 0.469 e. The highest BCUT2D eigenvalue weighted by atomic mass is 16.5. The fourth-order valence-corrected chi connectivity index (χ4v) is 3.21. The second kappa shape index (κ2) is 7.35. The predicted molar refractivity (Wildman–Crippen MR) is 101 cm³/mol. The van der Waals surface area contributed by atoms with Gasteiger partial charge < -0.3 is 4.74 Å². The van der Waals surface area contributed by atoms with E-state index in [1.165, 1.54) is 12.0 Å². The standard InChI is InChI=1S/C22H23NO4/c1-22(2,21(26)27-3)13-12-15-8-10-16(11-9-15)14-23-19(24)17-6-4-5-7-18(17)20(23)25/h4-11H,12-14H2,1-3H3. The molecule has 0 radical (unpaired) electrons. The molecule has 5 heteroatoms. The minimum Gasteiger partial charge on any atom is -0.469 e. The zero-order chi connectivity index (χ0) is 19.6. The van der Waals surface area contributed by atoms with Crippen LogP contribution in [0.1, 0.15) is 52.1 Å². The highest BCUT2D eigenvalue weighted by Crippen LogP contribution is 2.26. The van der Waals surface area contributed by atoms with Crippen LogP contribution >= 0.6 is 0 Å². The highest BCUT2D eigenvalue weighted by molar-refractivity contribution is 6.21. The van der Waals surface area contributed by atoms with Crippen molar-refractivity contribution >= 4 is 17.8 Å². The van der Waals surface area contributed by atoms with E-state index in [0.29, 0.717) is 17.5 Å². The molecule has 0 N–H and O–H groups in total. The molecule has 0 atom stereocenters. The summed E-state index contributed by atoms with van der Waals surface area (Å²) in [5.41, 5.74) is 2.38. The SMILES string of the molecule is COC(=O)C(C)(C)CCc1ccc(CN2C(=O)c3ccccc3C2=O)cc1. The van der Waals surface area contributed by atoms with Crippen molar-refractivity contribution in [2.24, 2.45) is 5.41 Å². The Balaban J connectivity index is 1.64. The van der Waals surface area contributed by atoms with Crippen LogP contribution < -0.4 is 0 Å². The molecule has 5 nitrogen and oxygen atoms in total. The van der Waals surface area contributed by atoms with Gasteiger partial charge in [0.05, 0.1) is 30.2 Å². The first-order valence-electron chi connectivity index (χ1n) is 8.95. The Hall–Kier alpha value is -2.95. The Bertz CT molecular complexity index is 848. The summed E-state index contributed by atoms with van der Waals surface area (Å²) in [5, 5.41) is 0. The molecule has 3 rings (SSSR count). The fraction of sp³-hybridized carbons (Fsp3) is 0.318. The van der Waals surface area contributed by atoms with Gasteiger partial charge in [-0.15, -0.1) is 0 Å². The first kappa shape index (κ1) is 18.8. The van der Waals surface area contributed by atoms with Crippen molar-refractivity contribution in [2.45, 2.75) is 33.2 Å². The Morgan fingerprint density at radius 1 is 0.926 bits per heavy atom. The summed E-state index contributed by atoms with van der Waals surface area (Å²) >= 11 is 0. The number of methoxy groups -OCH3 is 1. The normalized spacial score (nSPS) is 13.7. The molecule has 1 aliphatic heterocycles. The minimum atomic E-state index is -0.534. The summed E-state index contributed by atoms with van der Waals surface area (Å²) in [6.45, 7) is 3.99. The van der Waals surface area contributed by atoms with Gasteiger partial charge in [-0.3, -0.25) is 19.3 Å². The molecule has 2 aromatic carbocycles. The average molecular weight is 365 g/mol. The summed E-state index contributed by atoms with van der Waals surface area (Å²) in [6.07, 6.45) is 1.42. The lowest BCUT2D eigenvalue weighted by atomic mass is 9.86. The Kier molecular flexibility index (Phi) is 5.13. The number of nitrogens with zero attached hydrogens (tertiary/aromatic N) is 1. The molecule has 0 aromatic heterocycles. The monoisotopic (exact) mass is 365 g/mol. The van der Waals surface area contributed by atoms with E-state index in [9.17, 15) is 14.4 Å². The molecule has 0 saturated carbocycles. The van der Waals surface area contributed by atoms with Crippen LogP contribution in [-0.2, 0) is 22.5 Å². The van der Waals surface area contributed by atoms with Gasteiger partial charge in [0.2, 0.25) is 0 Å². The molecule has 0 spiro atoms. The first-order chi connectivity index (χ1) is 12.8. The molecule has 27 heavy (non-hydrogen) atoms. The summed E-state index contributed by atoms with van der Waals surface area (Å²) in [7, 11) is 1.40. The Morgan fingerprint density at radius 2 is 1.44 bits per heavy atom. The van der Waals surface area contributed by atoms with Gasteiger partial charge in [0.25, 0.3) is 11.8 Å². The molecule has 140 valence electrons. The molecule has 1 heterocycles. The molecular formula is C22H23NO4. The summed E-state index contributed by atoms with van der Waals surface area (Å²) in [4.78, 5) is 37.9. The van der Waals surface area contributed by atoms with E-state index in [0.717, 1.165) is 17.5 Å². The maximum absolute atomic E-state index is 12.4. The number of esters is 1. The van der Waals surface area contributed by atoms with E-state index in [1.54, 1.807) is 24.3 Å². The third kappa shape index (κ3) is 3.77. The number of hydrogen-bond donors (Lipinski definition) is 0. The van der Waals surface area contributed by atoms with Crippen LogP contribution in [0, 0.1) is 5.41 Å². The van der Waals surface area contributed by atoms with Crippen LogP contribution in [0.3, 0.4) is 0 Å². The number of carbonyl (C=O) groups is 3. The second-order valence-electron chi connectivity index (χ2n) is 7.43. The topological polar surface area (TPSA) is 63.7 Å². The molecule has 0 aliphatic carbocycles. The zero-order valence-electron chi connectivity index (χ0n) is 15.8. The van der Waals surface area contributed by atoms with E-state index < -0.39 is 5.41 Å². The number of amides is 2. The van der Waals surface area contributed by atoms with Gasteiger partial charge in [-0.2, -0.15) is 0 Å². The van der Waals surface area contributed by atoms with Crippen molar-refractivity contribution < 1.29 is 19.1 Å². The number of rotatable bonds is 6. The lowest BCUT2D eigenvalue weighted by Crippen LogP contribution is -2.29. The molecule has 0 unspecified atom stereocenters. The molecule has 1 aliphatic rings. The number of benzene rings is 2. The third-order valence-electron chi connectivity index (χ3n) is 5.02. The number of carbonyl (C=O) groups excluding carboxylic acids is 3. The van der Waals surface area contributed by atoms with Gasteiger partial charge in [0.1, 0.15) is 0 Å².